The molecule has 0 aromatic carbocycles. The fourth-order valence-electron chi connectivity index (χ4n) is 3.00. The van der Waals surface area contributed by atoms with Crippen LogP contribution in [0.15, 0.2) is 24.7 Å². The number of carboxylic acid groups (broad SMARTS) is 1. The van der Waals surface area contributed by atoms with Gasteiger partial charge in [-0.3, -0.25) is 9.78 Å². The average molecular weight is 285 g/mol. The van der Waals surface area contributed by atoms with Crippen LogP contribution in [0.1, 0.15) is 41.4 Å². The fourth-order valence-corrected chi connectivity index (χ4v) is 3.00. The van der Waals surface area contributed by atoms with Crippen LogP contribution in [-0.4, -0.2) is 25.6 Å². The molecule has 1 atom stereocenters. The van der Waals surface area contributed by atoms with Crippen LogP contribution in [0, 0.1) is 6.92 Å². The zero-order valence-electron chi connectivity index (χ0n) is 12.1. The fraction of sp³-hybridized carbons (Fsp3) is 0.438. The van der Waals surface area contributed by atoms with E-state index in [1.165, 1.54) is 12.1 Å². The molecule has 0 saturated heterocycles. The molecule has 2 aromatic rings. The molecular weight excluding hydrogens is 266 g/mol. The number of carboxylic acids is 1. The van der Waals surface area contributed by atoms with Gasteiger partial charge < -0.3 is 9.67 Å². The highest BCUT2D eigenvalue weighted by molar-refractivity contribution is 5.76. The molecule has 1 unspecified atom stereocenters. The smallest absolute Gasteiger partial charge is 0.311 e. The van der Waals surface area contributed by atoms with Crippen molar-refractivity contribution in [2.24, 2.45) is 0 Å². The first-order valence-corrected chi connectivity index (χ1v) is 7.33. The van der Waals surface area contributed by atoms with E-state index in [4.69, 9.17) is 0 Å². The molecule has 0 bridgehead atoms. The molecule has 3 rings (SSSR count). The highest BCUT2D eigenvalue weighted by Crippen LogP contribution is 2.25. The summed E-state index contributed by atoms with van der Waals surface area (Å²) in [5.74, 6) is -1.37. The monoisotopic (exact) mass is 285 g/mol. The summed E-state index contributed by atoms with van der Waals surface area (Å²) >= 11 is 0. The molecule has 1 aliphatic heterocycles. The number of hydrogen-bond donors (Lipinski definition) is 1. The van der Waals surface area contributed by atoms with Crippen molar-refractivity contribution in [3.05, 3.63) is 47.3 Å². The Morgan fingerprint density at radius 2 is 2.29 bits per heavy atom. The minimum atomic E-state index is -0.807. The molecule has 0 fully saturated rings. The van der Waals surface area contributed by atoms with Crippen molar-refractivity contribution in [1.29, 1.82) is 0 Å². The Morgan fingerprint density at radius 3 is 3.05 bits per heavy atom. The van der Waals surface area contributed by atoms with Crippen molar-refractivity contribution in [1.82, 2.24) is 14.5 Å². The van der Waals surface area contributed by atoms with Crippen LogP contribution in [0.25, 0.3) is 0 Å². The SMILES string of the molecule is Cc1cc(C(Cc2ncn3c2CCCC3)C(=O)O)ccn1. The van der Waals surface area contributed by atoms with Gasteiger partial charge in [-0.2, -0.15) is 0 Å². The first kappa shape index (κ1) is 13.8. The van der Waals surface area contributed by atoms with Gasteiger partial charge in [-0.15, -0.1) is 0 Å². The third-order valence-electron chi connectivity index (χ3n) is 4.11. The molecule has 0 radical (unpaired) electrons. The molecule has 110 valence electrons. The molecule has 1 N–H and O–H groups in total. The number of hydrogen-bond acceptors (Lipinski definition) is 3. The Balaban J connectivity index is 1.89. The van der Waals surface area contributed by atoms with Crippen LogP contribution in [0.4, 0.5) is 0 Å². The molecule has 0 spiro atoms. The van der Waals surface area contributed by atoms with E-state index >= 15 is 0 Å². The van der Waals surface area contributed by atoms with Crippen LogP contribution in [-0.2, 0) is 24.2 Å². The van der Waals surface area contributed by atoms with E-state index in [9.17, 15) is 9.90 Å². The van der Waals surface area contributed by atoms with Crippen LogP contribution in [0.5, 0.6) is 0 Å². The number of carbonyl (C=O) groups is 1. The number of pyridine rings is 1. The number of fused-ring (bicyclic) bond motifs is 1. The zero-order chi connectivity index (χ0) is 14.8. The number of aromatic nitrogens is 3. The maximum Gasteiger partial charge on any atom is 0.311 e. The van der Waals surface area contributed by atoms with Crippen molar-refractivity contribution < 1.29 is 9.90 Å². The van der Waals surface area contributed by atoms with Gasteiger partial charge in [0.15, 0.2) is 0 Å². The number of aryl methyl sites for hydroxylation is 2. The highest BCUT2D eigenvalue weighted by atomic mass is 16.4. The second kappa shape index (κ2) is 5.68. The van der Waals surface area contributed by atoms with E-state index in [0.29, 0.717) is 6.42 Å². The summed E-state index contributed by atoms with van der Waals surface area (Å²) in [6.07, 6.45) is 7.29. The minimum absolute atomic E-state index is 0.446. The second-order valence-electron chi connectivity index (χ2n) is 5.61. The summed E-state index contributed by atoms with van der Waals surface area (Å²) < 4.78 is 2.16. The molecule has 0 amide bonds. The Bertz CT molecular complexity index is 663. The maximum absolute atomic E-state index is 11.7. The van der Waals surface area contributed by atoms with E-state index in [1.54, 1.807) is 12.3 Å². The third kappa shape index (κ3) is 2.82. The standard InChI is InChI=1S/C16H19N3O2/c1-11-8-12(5-6-17-11)13(16(20)21)9-14-15-4-2-3-7-19(15)10-18-14/h5-6,8,10,13H,2-4,7,9H2,1H3,(H,20,21). The summed E-state index contributed by atoms with van der Waals surface area (Å²) in [4.78, 5) is 20.2. The Morgan fingerprint density at radius 1 is 1.43 bits per heavy atom. The summed E-state index contributed by atoms with van der Waals surface area (Å²) in [6, 6.07) is 3.63. The molecule has 0 aliphatic carbocycles. The normalized spacial score (nSPS) is 15.5. The molecule has 5 nitrogen and oxygen atoms in total. The predicted octanol–water partition coefficient (Wildman–Crippen LogP) is 2.33. The van der Waals surface area contributed by atoms with Crippen molar-refractivity contribution in [3.8, 4) is 0 Å². The molecule has 21 heavy (non-hydrogen) atoms. The van der Waals surface area contributed by atoms with Gasteiger partial charge in [0.05, 0.1) is 17.9 Å². The largest absolute Gasteiger partial charge is 0.481 e. The van der Waals surface area contributed by atoms with E-state index in [1.807, 2.05) is 19.3 Å². The lowest BCUT2D eigenvalue weighted by Crippen LogP contribution is -2.17. The minimum Gasteiger partial charge on any atom is -0.481 e. The molecule has 1 aliphatic rings. The second-order valence-corrected chi connectivity index (χ2v) is 5.61. The van der Waals surface area contributed by atoms with Gasteiger partial charge in [0, 0.05) is 30.6 Å². The first-order chi connectivity index (χ1) is 10.1. The molecule has 0 saturated carbocycles. The third-order valence-corrected chi connectivity index (χ3v) is 4.11. The lowest BCUT2D eigenvalue weighted by atomic mass is 9.93. The highest BCUT2D eigenvalue weighted by Gasteiger charge is 2.24. The van der Waals surface area contributed by atoms with Crippen LogP contribution in [0.2, 0.25) is 0 Å². The zero-order valence-corrected chi connectivity index (χ0v) is 12.1. The summed E-state index contributed by atoms with van der Waals surface area (Å²) in [7, 11) is 0. The molecular formula is C16H19N3O2. The van der Waals surface area contributed by atoms with Crippen molar-refractivity contribution in [3.63, 3.8) is 0 Å². The summed E-state index contributed by atoms with van der Waals surface area (Å²) in [5, 5.41) is 9.57. The van der Waals surface area contributed by atoms with Gasteiger partial charge in [0.1, 0.15) is 0 Å². The van der Waals surface area contributed by atoms with Crippen molar-refractivity contribution in [2.45, 2.75) is 45.1 Å². The molecule has 5 heteroatoms. The Hall–Kier alpha value is -2.17. The Kier molecular flexibility index (Phi) is 3.73. The Labute approximate surface area is 123 Å². The first-order valence-electron chi connectivity index (χ1n) is 7.33. The van der Waals surface area contributed by atoms with Crippen molar-refractivity contribution >= 4 is 5.97 Å². The average Bonchev–Trinajstić information content (AvgIpc) is 2.87. The van der Waals surface area contributed by atoms with Gasteiger partial charge in [-0.25, -0.2) is 4.98 Å². The topological polar surface area (TPSA) is 68.0 Å². The van der Waals surface area contributed by atoms with Crippen LogP contribution < -0.4 is 0 Å². The lowest BCUT2D eigenvalue weighted by molar-refractivity contribution is -0.138. The van der Waals surface area contributed by atoms with Gasteiger partial charge >= 0.3 is 5.97 Å². The number of nitrogens with zero attached hydrogens (tertiary/aromatic N) is 3. The van der Waals surface area contributed by atoms with Crippen molar-refractivity contribution in [2.75, 3.05) is 0 Å². The number of aliphatic carboxylic acids is 1. The van der Waals surface area contributed by atoms with Gasteiger partial charge in [0.2, 0.25) is 0 Å². The lowest BCUT2D eigenvalue weighted by Gasteiger charge is -2.17. The molecule has 3 heterocycles. The van der Waals surface area contributed by atoms with E-state index in [2.05, 4.69) is 14.5 Å². The summed E-state index contributed by atoms with van der Waals surface area (Å²) in [6.45, 7) is 2.87. The maximum atomic E-state index is 11.7. The van der Waals surface area contributed by atoms with Crippen LogP contribution in [0.3, 0.4) is 0 Å². The number of rotatable bonds is 4. The quantitative estimate of drug-likeness (QED) is 0.936. The van der Waals surface area contributed by atoms with Gasteiger partial charge in [-0.05, 0) is 43.9 Å². The predicted molar refractivity (Wildman–Crippen MR) is 78.2 cm³/mol. The van der Waals surface area contributed by atoms with E-state index in [0.717, 1.165) is 36.3 Å². The van der Waals surface area contributed by atoms with Gasteiger partial charge in [0.25, 0.3) is 0 Å². The number of imidazole rings is 1. The summed E-state index contributed by atoms with van der Waals surface area (Å²) in [5.41, 5.74) is 3.77. The van der Waals surface area contributed by atoms with E-state index < -0.39 is 11.9 Å². The van der Waals surface area contributed by atoms with Gasteiger partial charge in [-0.1, -0.05) is 0 Å². The van der Waals surface area contributed by atoms with E-state index in [-0.39, 0.29) is 0 Å². The molecule has 2 aromatic heterocycles. The van der Waals surface area contributed by atoms with Crippen LogP contribution >= 0.6 is 0 Å².